The molecule has 0 bridgehead atoms. The quantitative estimate of drug-likeness (QED) is 0.409. The SMILES string of the molecule is COc1cc(C)c(S(=O)(=O)N(C)CCOCC(=O)N(C)[C@@H]2CCC[C@H]2CN2CCN(C)CC2)c(C)c1. The number of likely N-dealkylation sites (N-methyl/N-ethyl adjacent to an activating group) is 3. The molecule has 1 amide bonds. The Bertz CT molecular complexity index is 971. The molecule has 0 aromatic heterocycles. The fourth-order valence-corrected chi connectivity index (χ4v) is 7.01. The molecule has 2 aliphatic rings. The molecule has 1 saturated carbocycles. The lowest BCUT2D eigenvalue weighted by molar-refractivity contribution is -0.137. The van der Waals surface area contributed by atoms with Crippen LogP contribution >= 0.6 is 0 Å². The Morgan fingerprint density at radius 1 is 1.08 bits per heavy atom. The summed E-state index contributed by atoms with van der Waals surface area (Å²) in [5, 5.41) is 0. The molecule has 0 N–H and O–H groups in total. The lowest BCUT2D eigenvalue weighted by Gasteiger charge is -2.37. The van der Waals surface area contributed by atoms with Crippen molar-refractivity contribution in [3.63, 3.8) is 0 Å². The average molecular weight is 525 g/mol. The van der Waals surface area contributed by atoms with Gasteiger partial charge in [-0.15, -0.1) is 0 Å². The molecular weight excluding hydrogens is 480 g/mol. The second-order valence-electron chi connectivity index (χ2n) is 10.3. The number of sulfonamides is 1. The van der Waals surface area contributed by atoms with Crippen molar-refractivity contribution in [1.82, 2.24) is 19.0 Å². The van der Waals surface area contributed by atoms with Crippen LogP contribution in [-0.4, -0.2) is 120 Å². The van der Waals surface area contributed by atoms with Gasteiger partial charge in [0, 0.05) is 59.4 Å². The van der Waals surface area contributed by atoms with Crippen LogP contribution in [0.1, 0.15) is 30.4 Å². The Kier molecular flexibility index (Phi) is 10.2. The first-order chi connectivity index (χ1) is 17.0. The Hall–Kier alpha value is -1.72. The van der Waals surface area contributed by atoms with E-state index in [9.17, 15) is 13.2 Å². The van der Waals surface area contributed by atoms with Gasteiger partial charge in [0.05, 0.1) is 18.6 Å². The van der Waals surface area contributed by atoms with Crippen LogP contribution < -0.4 is 4.74 Å². The highest BCUT2D eigenvalue weighted by atomic mass is 32.2. The number of carbonyl (C=O) groups excluding carboxylic acids is 1. The van der Waals surface area contributed by atoms with Crippen molar-refractivity contribution in [3.05, 3.63) is 23.3 Å². The highest BCUT2D eigenvalue weighted by Crippen LogP contribution is 2.31. The van der Waals surface area contributed by atoms with Crippen molar-refractivity contribution < 1.29 is 22.7 Å². The maximum absolute atomic E-state index is 13.1. The van der Waals surface area contributed by atoms with Crippen molar-refractivity contribution >= 4 is 15.9 Å². The number of amides is 1. The van der Waals surface area contributed by atoms with Crippen LogP contribution in [0.25, 0.3) is 0 Å². The molecule has 1 aromatic carbocycles. The van der Waals surface area contributed by atoms with E-state index in [4.69, 9.17) is 9.47 Å². The molecule has 0 spiro atoms. The molecule has 1 aliphatic heterocycles. The summed E-state index contributed by atoms with van der Waals surface area (Å²) >= 11 is 0. The number of aryl methyl sites for hydroxylation is 2. The highest BCUT2D eigenvalue weighted by Gasteiger charge is 2.34. The molecule has 0 unspecified atom stereocenters. The predicted octanol–water partition coefficient (Wildman–Crippen LogP) is 1.82. The van der Waals surface area contributed by atoms with Crippen molar-refractivity contribution in [2.75, 3.05) is 80.7 Å². The Labute approximate surface area is 217 Å². The summed E-state index contributed by atoms with van der Waals surface area (Å²) in [6, 6.07) is 3.68. The first kappa shape index (κ1) is 28.8. The van der Waals surface area contributed by atoms with Gasteiger partial charge in [-0.3, -0.25) is 4.79 Å². The molecule has 204 valence electrons. The maximum Gasteiger partial charge on any atom is 0.248 e. The fraction of sp³-hybridized carbons (Fsp3) is 0.731. The van der Waals surface area contributed by atoms with Crippen LogP contribution in [0.5, 0.6) is 5.75 Å². The maximum atomic E-state index is 13.1. The number of rotatable bonds is 11. The van der Waals surface area contributed by atoms with Gasteiger partial charge in [0.15, 0.2) is 0 Å². The van der Waals surface area contributed by atoms with Crippen LogP contribution in [0.2, 0.25) is 0 Å². The topological polar surface area (TPSA) is 82.6 Å². The van der Waals surface area contributed by atoms with Gasteiger partial charge in [-0.05, 0) is 62.9 Å². The molecule has 3 rings (SSSR count). The zero-order valence-electron chi connectivity index (χ0n) is 22.8. The number of carbonyl (C=O) groups is 1. The average Bonchev–Trinajstić information content (AvgIpc) is 3.29. The number of hydrogen-bond donors (Lipinski definition) is 0. The number of hydrogen-bond acceptors (Lipinski definition) is 7. The number of benzene rings is 1. The summed E-state index contributed by atoms with van der Waals surface area (Å²) in [6.45, 7) is 9.23. The van der Waals surface area contributed by atoms with Crippen molar-refractivity contribution in [1.29, 1.82) is 0 Å². The van der Waals surface area contributed by atoms with E-state index in [1.165, 1.54) is 11.4 Å². The van der Waals surface area contributed by atoms with Crippen LogP contribution in [-0.2, 0) is 19.6 Å². The molecule has 0 radical (unpaired) electrons. The van der Waals surface area contributed by atoms with Crippen LogP contribution in [0.3, 0.4) is 0 Å². The number of nitrogens with zero attached hydrogens (tertiary/aromatic N) is 4. The first-order valence-electron chi connectivity index (χ1n) is 12.9. The summed E-state index contributed by atoms with van der Waals surface area (Å²) in [5.41, 5.74) is 1.28. The smallest absolute Gasteiger partial charge is 0.248 e. The molecule has 9 nitrogen and oxygen atoms in total. The van der Waals surface area contributed by atoms with Gasteiger partial charge < -0.3 is 24.2 Å². The molecule has 1 aliphatic carbocycles. The first-order valence-corrected chi connectivity index (χ1v) is 14.3. The summed E-state index contributed by atoms with van der Waals surface area (Å²) in [6.07, 6.45) is 3.33. The third kappa shape index (κ3) is 6.98. The third-order valence-corrected chi connectivity index (χ3v) is 9.88. The zero-order valence-corrected chi connectivity index (χ0v) is 23.6. The second kappa shape index (κ2) is 12.7. The summed E-state index contributed by atoms with van der Waals surface area (Å²) in [4.78, 5) is 19.9. The van der Waals surface area contributed by atoms with Gasteiger partial charge in [0.2, 0.25) is 15.9 Å². The van der Waals surface area contributed by atoms with E-state index in [0.717, 1.165) is 52.0 Å². The van der Waals surface area contributed by atoms with Crippen molar-refractivity contribution in [2.24, 2.45) is 5.92 Å². The molecule has 36 heavy (non-hydrogen) atoms. The van der Waals surface area contributed by atoms with Gasteiger partial charge in [-0.2, -0.15) is 4.31 Å². The number of piperazine rings is 1. The summed E-state index contributed by atoms with van der Waals surface area (Å²) < 4.78 is 38.5. The normalized spacial score (nSPS) is 21.8. The van der Waals surface area contributed by atoms with Crippen LogP contribution in [0.4, 0.5) is 0 Å². The number of methoxy groups -OCH3 is 1. The van der Waals surface area contributed by atoms with Gasteiger partial charge in [-0.25, -0.2) is 8.42 Å². The third-order valence-electron chi connectivity index (χ3n) is 7.71. The monoisotopic (exact) mass is 524 g/mol. The predicted molar refractivity (Wildman–Crippen MR) is 141 cm³/mol. The Balaban J connectivity index is 1.47. The van der Waals surface area contributed by atoms with Crippen LogP contribution in [0.15, 0.2) is 17.0 Å². The highest BCUT2D eigenvalue weighted by molar-refractivity contribution is 7.89. The van der Waals surface area contributed by atoms with E-state index in [0.29, 0.717) is 22.8 Å². The molecule has 10 heteroatoms. The van der Waals surface area contributed by atoms with Crippen molar-refractivity contribution in [3.8, 4) is 5.75 Å². The van der Waals surface area contributed by atoms with E-state index in [2.05, 4.69) is 16.8 Å². The zero-order chi connectivity index (χ0) is 26.5. The van der Waals surface area contributed by atoms with Gasteiger partial charge in [0.1, 0.15) is 12.4 Å². The minimum atomic E-state index is -3.69. The van der Waals surface area contributed by atoms with E-state index in [-0.39, 0.29) is 36.6 Å². The van der Waals surface area contributed by atoms with E-state index >= 15 is 0 Å². The summed E-state index contributed by atoms with van der Waals surface area (Å²) in [5.74, 6) is 1.08. The molecular formula is C26H44N4O5S. The second-order valence-corrected chi connectivity index (χ2v) is 12.3. The molecule has 1 aromatic rings. The van der Waals surface area contributed by atoms with E-state index in [1.54, 1.807) is 33.1 Å². The lowest BCUT2D eigenvalue weighted by atomic mass is 10.0. The minimum Gasteiger partial charge on any atom is -0.497 e. The number of ether oxygens (including phenoxy) is 2. The van der Waals surface area contributed by atoms with Crippen LogP contribution in [0, 0.1) is 19.8 Å². The molecule has 2 atom stereocenters. The summed E-state index contributed by atoms with van der Waals surface area (Å²) in [7, 11) is 3.46. The van der Waals surface area contributed by atoms with Gasteiger partial charge in [0.25, 0.3) is 0 Å². The lowest BCUT2D eigenvalue weighted by Crippen LogP contribution is -2.49. The Morgan fingerprint density at radius 2 is 1.72 bits per heavy atom. The van der Waals surface area contributed by atoms with Crippen molar-refractivity contribution in [2.45, 2.75) is 44.0 Å². The fourth-order valence-electron chi connectivity index (χ4n) is 5.45. The van der Waals surface area contributed by atoms with Gasteiger partial charge in [-0.1, -0.05) is 6.42 Å². The minimum absolute atomic E-state index is 0.0390. The molecule has 1 heterocycles. The molecule has 1 saturated heterocycles. The van der Waals surface area contributed by atoms with E-state index < -0.39 is 10.0 Å². The molecule has 2 fully saturated rings. The van der Waals surface area contributed by atoms with Gasteiger partial charge >= 0.3 is 0 Å². The standard InChI is InChI=1S/C26H44N4O5S/c1-20-16-23(34-6)17-21(2)26(20)36(32,33)28(4)14-15-35-19-25(31)29(5)24-9-7-8-22(24)18-30-12-10-27(3)11-13-30/h16-17,22,24H,7-15,18-19H2,1-6H3/t22-,24+/m0/s1. The van der Waals surface area contributed by atoms with E-state index in [1.807, 2.05) is 11.9 Å². The largest absolute Gasteiger partial charge is 0.497 e. The Morgan fingerprint density at radius 3 is 2.33 bits per heavy atom.